The summed E-state index contributed by atoms with van der Waals surface area (Å²) in [7, 11) is 0. The monoisotopic (exact) mass is 387 g/mol. The number of nitrogens with one attached hydrogen (secondary N) is 3. The van der Waals surface area contributed by atoms with Crippen molar-refractivity contribution in [1.82, 2.24) is 30.2 Å². The number of imidazole rings is 1. The van der Waals surface area contributed by atoms with Crippen LogP contribution in [0.5, 0.6) is 0 Å². The molecule has 0 spiro atoms. The van der Waals surface area contributed by atoms with Crippen LogP contribution in [0.1, 0.15) is 18.2 Å². The van der Waals surface area contributed by atoms with Crippen LogP contribution in [0.2, 0.25) is 0 Å². The molecule has 0 bridgehead atoms. The molecular weight excluding hydrogens is 366 g/mol. The van der Waals surface area contributed by atoms with Crippen LogP contribution in [0.15, 0.2) is 42.9 Å². The third-order valence-corrected chi connectivity index (χ3v) is 4.64. The molecule has 0 atom stereocenters. The number of benzene rings is 1. The van der Waals surface area contributed by atoms with E-state index in [1.807, 2.05) is 39.1 Å². The highest BCUT2D eigenvalue weighted by Crippen LogP contribution is 2.32. The standard InChI is InChI=1S/C21H21N7O/c1-4-22-21(29)28-20-26-17-10-14(15-8-12(2)13(3)25-11-15)9-16(18(17)27-20)19-23-6-5-7-24-19/h5-11H,4H2,1-3H3,(H3,22,26,27,28,29). The van der Waals surface area contributed by atoms with Crippen molar-refractivity contribution >= 4 is 23.0 Å². The van der Waals surface area contributed by atoms with Gasteiger partial charge in [-0.1, -0.05) is 0 Å². The zero-order valence-corrected chi connectivity index (χ0v) is 16.4. The number of aromatic nitrogens is 5. The second-order valence-electron chi connectivity index (χ2n) is 6.69. The van der Waals surface area contributed by atoms with E-state index in [2.05, 4.69) is 41.6 Å². The van der Waals surface area contributed by atoms with Crippen LogP contribution < -0.4 is 10.6 Å². The van der Waals surface area contributed by atoms with Crippen molar-refractivity contribution in [2.24, 2.45) is 0 Å². The fourth-order valence-corrected chi connectivity index (χ4v) is 3.07. The van der Waals surface area contributed by atoms with Crippen molar-refractivity contribution in [3.05, 3.63) is 54.1 Å². The molecule has 0 radical (unpaired) electrons. The average molecular weight is 387 g/mol. The van der Waals surface area contributed by atoms with Gasteiger partial charge in [0.25, 0.3) is 0 Å². The van der Waals surface area contributed by atoms with Crippen molar-refractivity contribution in [2.75, 3.05) is 11.9 Å². The second-order valence-corrected chi connectivity index (χ2v) is 6.69. The molecule has 4 rings (SSSR count). The number of aromatic amines is 1. The van der Waals surface area contributed by atoms with Crippen LogP contribution in [-0.4, -0.2) is 37.5 Å². The Hall–Kier alpha value is -3.81. The van der Waals surface area contributed by atoms with Crippen LogP contribution in [-0.2, 0) is 0 Å². The van der Waals surface area contributed by atoms with Crippen LogP contribution in [0.3, 0.4) is 0 Å². The van der Waals surface area contributed by atoms with Crippen LogP contribution in [0, 0.1) is 13.8 Å². The molecule has 0 saturated heterocycles. The third-order valence-electron chi connectivity index (χ3n) is 4.64. The predicted molar refractivity (Wildman–Crippen MR) is 113 cm³/mol. The Morgan fingerprint density at radius 3 is 2.59 bits per heavy atom. The first-order chi connectivity index (χ1) is 14.0. The summed E-state index contributed by atoms with van der Waals surface area (Å²) in [5, 5.41) is 5.41. The van der Waals surface area contributed by atoms with Gasteiger partial charge in [0.1, 0.15) is 0 Å². The van der Waals surface area contributed by atoms with Gasteiger partial charge < -0.3 is 10.3 Å². The van der Waals surface area contributed by atoms with Gasteiger partial charge in [0, 0.05) is 42.0 Å². The SMILES string of the molecule is CCNC(=O)Nc1nc2cc(-c3cnc(C)c(C)c3)cc(-c3ncccn3)c2[nH]1. The van der Waals surface area contributed by atoms with E-state index in [0.29, 0.717) is 23.8 Å². The van der Waals surface area contributed by atoms with Gasteiger partial charge in [0.15, 0.2) is 5.82 Å². The molecular formula is C21H21N7O. The number of anilines is 1. The summed E-state index contributed by atoms with van der Waals surface area (Å²) >= 11 is 0. The number of urea groups is 1. The second kappa shape index (κ2) is 7.67. The van der Waals surface area contributed by atoms with Gasteiger partial charge in [-0.15, -0.1) is 0 Å². The lowest BCUT2D eigenvalue weighted by Gasteiger charge is -2.08. The number of amides is 2. The van der Waals surface area contributed by atoms with E-state index in [1.54, 1.807) is 18.5 Å². The topological polar surface area (TPSA) is 108 Å². The quantitative estimate of drug-likeness (QED) is 0.493. The maximum atomic E-state index is 11.9. The summed E-state index contributed by atoms with van der Waals surface area (Å²) in [5.74, 6) is 0.933. The third kappa shape index (κ3) is 3.77. The number of nitrogens with zero attached hydrogens (tertiary/aromatic N) is 4. The molecule has 0 aliphatic carbocycles. The number of aryl methyl sites for hydroxylation is 2. The van der Waals surface area contributed by atoms with Crippen molar-refractivity contribution in [3.63, 3.8) is 0 Å². The van der Waals surface area contributed by atoms with Crippen LogP contribution >= 0.6 is 0 Å². The summed E-state index contributed by atoms with van der Waals surface area (Å²) in [6.45, 7) is 6.40. The molecule has 8 nitrogen and oxygen atoms in total. The number of hydrogen-bond acceptors (Lipinski definition) is 5. The maximum Gasteiger partial charge on any atom is 0.321 e. The Bertz CT molecular complexity index is 1180. The van der Waals surface area contributed by atoms with Crippen molar-refractivity contribution < 1.29 is 4.79 Å². The van der Waals surface area contributed by atoms with E-state index in [-0.39, 0.29) is 6.03 Å². The lowest BCUT2D eigenvalue weighted by atomic mass is 10.0. The fraction of sp³-hybridized carbons (Fsp3) is 0.190. The van der Waals surface area contributed by atoms with E-state index >= 15 is 0 Å². The smallest absolute Gasteiger partial charge is 0.321 e. The van der Waals surface area contributed by atoms with E-state index in [4.69, 9.17) is 0 Å². The average Bonchev–Trinajstić information content (AvgIpc) is 3.12. The van der Waals surface area contributed by atoms with Gasteiger partial charge in [0.05, 0.1) is 11.0 Å². The van der Waals surface area contributed by atoms with Gasteiger partial charge in [-0.2, -0.15) is 0 Å². The highest BCUT2D eigenvalue weighted by atomic mass is 16.2. The lowest BCUT2D eigenvalue weighted by Crippen LogP contribution is -2.28. The highest BCUT2D eigenvalue weighted by molar-refractivity contribution is 5.97. The summed E-state index contributed by atoms with van der Waals surface area (Å²) in [6, 6.07) is 7.53. The predicted octanol–water partition coefficient (Wildman–Crippen LogP) is 3.84. The molecule has 4 aromatic rings. The molecule has 3 N–H and O–H groups in total. The lowest BCUT2D eigenvalue weighted by molar-refractivity contribution is 0.252. The first kappa shape index (κ1) is 18.5. The summed E-state index contributed by atoms with van der Waals surface area (Å²) in [4.78, 5) is 32.9. The molecule has 0 unspecified atom stereocenters. The number of H-pyrrole nitrogens is 1. The first-order valence-electron chi connectivity index (χ1n) is 9.34. The Morgan fingerprint density at radius 1 is 1.07 bits per heavy atom. The molecule has 3 heterocycles. The minimum atomic E-state index is -0.317. The number of carbonyl (C=O) groups is 1. The Kier molecular flexibility index (Phi) is 4.90. The van der Waals surface area contributed by atoms with E-state index in [1.165, 1.54) is 0 Å². The van der Waals surface area contributed by atoms with Crippen LogP contribution in [0.4, 0.5) is 10.7 Å². The van der Waals surface area contributed by atoms with Crippen molar-refractivity contribution in [1.29, 1.82) is 0 Å². The van der Waals surface area contributed by atoms with E-state index in [9.17, 15) is 4.79 Å². The normalized spacial score (nSPS) is 10.9. The fourth-order valence-electron chi connectivity index (χ4n) is 3.07. The molecule has 3 aromatic heterocycles. The molecule has 29 heavy (non-hydrogen) atoms. The van der Waals surface area contributed by atoms with Crippen molar-refractivity contribution in [2.45, 2.75) is 20.8 Å². The molecule has 0 fully saturated rings. The molecule has 1 aromatic carbocycles. The van der Waals surface area contributed by atoms with Gasteiger partial charge in [-0.25, -0.2) is 19.7 Å². The Balaban J connectivity index is 1.87. The number of fused-ring (bicyclic) bond motifs is 1. The number of carbonyl (C=O) groups excluding carboxylic acids is 1. The van der Waals surface area contributed by atoms with Crippen molar-refractivity contribution in [3.8, 4) is 22.5 Å². The molecule has 146 valence electrons. The Morgan fingerprint density at radius 2 is 1.86 bits per heavy atom. The largest absolute Gasteiger partial charge is 0.338 e. The summed E-state index contributed by atoms with van der Waals surface area (Å²) in [6.07, 6.45) is 5.24. The minimum Gasteiger partial charge on any atom is -0.338 e. The van der Waals surface area contributed by atoms with Gasteiger partial charge in [-0.05, 0) is 56.2 Å². The number of hydrogen-bond donors (Lipinski definition) is 3. The number of pyridine rings is 1. The molecule has 0 aliphatic rings. The zero-order chi connectivity index (χ0) is 20.4. The summed E-state index contributed by atoms with van der Waals surface area (Å²) in [5.41, 5.74) is 6.29. The molecule has 0 saturated carbocycles. The van der Waals surface area contributed by atoms with Crippen LogP contribution in [0.25, 0.3) is 33.5 Å². The van der Waals surface area contributed by atoms with E-state index < -0.39 is 0 Å². The first-order valence-corrected chi connectivity index (χ1v) is 9.34. The van der Waals surface area contributed by atoms with Gasteiger partial charge >= 0.3 is 6.03 Å². The summed E-state index contributed by atoms with van der Waals surface area (Å²) < 4.78 is 0. The molecule has 8 heteroatoms. The maximum absolute atomic E-state index is 11.9. The van der Waals surface area contributed by atoms with Gasteiger partial charge in [-0.3, -0.25) is 10.3 Å². The zero-order valence-electron chi connectivity index (χ0n) is 16.4. The van der Waals surface area contributed by atoms with E-state index in [0.717, 1.165) is 33.5 Å². The number of rotatable bonds is 4. The molecule has 0 aliphatic heterocycles. The highest BCUT2D eigenvalue weighted by Gasteiger charge is 2.15. The Labute approximate surface area is 167 Å². The van der Waals surface area contributed by atoms with Gasteiger partial charge in [0.2, 0.25) is 5.95 Å². The minimum absolute atomic E-state index is 0.317. The molecule has 2 amide bonds.